The highest BCUT2D eigenvalue weighted by Gasteiger charge is 2.02. The molecule has 0 spiro atoms. The third-order valence-corrected chi connectivity index (χ3v) is 3.85. The van der Waals surface area contributed by atoms with Crippen LogP contribution in [0.4, 0.5) is 0 Å². The van der Waals surface area contributed by atoms with Crippen LogP contribution >= 0.6 is 31.9 Å². The summed E-state index contributed by atoms with van der Waals surface area (Å²) in [4.78, 5) is 0. The molecule has 2 aromatic rings. The summed E-state index contributed by atoms with van der Waals surface area (Å²) in [7, 11) is 0. The first-order valence-electron chi connectivity index (χ1n) is 5.44. The van der Waals surface area contributed by atoms with Crippen molar-refractivity contribution in [1.82, 2.24) is 0 Å². The van der Waals surface area contributed by atoms with Crippen LogP contribution in [0.25, 0.3) is 0 Å². The van der Waals surface area contributed by atoms with Gasteiger partial charge in [-0.15, -0.1) is 0 Å². The molecule has 0 aromatic heterocycles. The molecular weight excluding hydrogens is 360 g/mol. The van der Waals surface area contributed by atoms with E-state index < -0.39 is 0 Å². The van der Waals surface area contributed by atoms with Crippen molar-refractivity contribution in [1.29, 1.82) is 0 Å². The second kappa shape index (κ2) is 6.25. The van der Waals surface area contributed by atoms with Gasteiger partial charge in [-0.05, 0) is 41.5 Å². The average Bonchev–Trinajstić information content (AvgIpc) is 2.38. The third kappa shape index (κ3) is 3.50. The van der Waals surface area contributed by atoms with Gasteiger partial charge in [0.05, 0.1) is 0 Å². The molecule has 0 radical (unpaired) electrons. The molecule has 0 bridgehead atoms. The number of halogens is 2. The Bertz CT molecular complexity index is 541. The molecule has 2 aromatic carbocycles. The van der Waals surface area contributed by atoms with Crippen molar-refractivity contribution in [2.24, 2.45) is 0 Å². The number of phenolic OH excluding ortho intramolecular Hbond substituents is 1. The van der Waals surface area contributed by atoms with Gasteiger partial charge in [0.1, 0.15) is 18.1 Å². The Kier molecular flexibility index (Phi) is 4.66. The molecule has 0 atom stereocenters. The highest BCUT2D eigenvalue weighted by Crippen LogP contribution is 2.25. The lowest BCUT2D eigenvalue weighted by Crippen LogP contribution is -1.95. The topological polar surface area (TPSA) is 29.5 Å². The number of rotatable bonds is 4. The smallest absolute Gasteiger partial charge is 0.120 e. The summed E-state index contributed by atoms with van der Waals surface area (Å²) in [6.07, 6.45) is 0. The molecule has 0 aliphatic heterocycles. The van der Waals surface area contributed by atoms with Crippen molar-refractivity contribution in [2.45, 2.75) is 11.9 Å². The lowest BCUT2D eigenvalue weighted by atomic mass is 10.2. The zero-order valence-corrected chi connectivity index (χ0v) is 12.7. The zero-order chi connectivity index (χ0) is 13.0. The van der Waals surface area contributed by atoms with E-state index >= 15 is 0 Å². The van der Waals surface area contributed by atoms with Crippen molar-refractivity contribution in [3.8, 4) is 11.5 Å². The summed E-state index contributed by atoms with van der Waals surface area (Å²) in [5, 5.41) is 10.1. The monoisotopic (exact) mass is 370 g/mol. The molecule has 0 heterocycles. The van der Waals surface area contributed by atoms with E-state index in [9.17, 15) is 5.11 Å². The Morgan fingerprint density at radius 3 is 2.67 bits per heavy atom. The van der Waals surface area contributed by atoms with Crippen LogP contribution in [0.2, 0.25) is 0 Å². The van der Waals surface area contributed by atoms with Crippen molar-refractivity contribution >= 4 is 31.9 Å². The lowest BCUT2D eigenvalue weighted by Gasteiger charge is -2.09. The quantitative estimate of drug-likeness (QED) is 0.794. The van der Waals surface area contributed by atoms with Crippen LogP contribution in [0.1, 0.15) is 11.1 Å². The Balaban J connectivity index is 2.06. The van der Waals surface area contributed by atoms with Gasteiger partial charge in [-0.25, -0.2) is 0 Å². The highest BCUT2D eigenvalue weighted by atomic mass is 79.9. The number of hydrogen-bond acceptors (Lipinski definition) is 2. The minimum atomic E-state index is 0.257. The highest BCUT2D eigenvalue weighted by molar-refractivity contribution is 9.10. The van der Waals surface area contributed by atoms with E-state index in [2.05, 4.69) is 31.9 Å². The molecule has 0 saturated heterocycles. The van der Waals surface area contributed by atoms with Crippen molar-refractivity contribution in [2.75, 3.05) is 0 Å². The Morgan fingerprint density at radius 2 is 1.94 bits per heavy atom. The molecule has 18 heavy (non-hydrogen) atoms. The molecule has 4 heteroatoms. The van der Waals surface area contributed by atoms with Crippen LogP contribution in [0, 0.1) is 0 Å². The summed E-state index contributed by atoms with van der Waals surface area (Å²) >= 11 is 6.91. The lowest BCUT2D eigenvalue weighted by molar-refractivity contribution is 0.305. The first-order chi connectivity index (χ1) is 8.69. The van der Waals surface area contributed by atoms with Gasteiger partial charge < -0.3 is 9.84 Å². The van der Waals surface area contributed by atoms with Crippen LogP contribution < -0.4 is 4.74 Å². The van der Waals surface area contributed by atoms with Gasteiger partial charge in [-0.2, -0.15) is 0 Å². The minimum absolute atomic E-state index is 0.257. The first-order valence-corrected chi connectivity index (χ1v) is 7.35. The number of ether oxygens (including phenoxy) is 1. The van der Waals surface area contributed by atoms with Crippen LogP contribution in [-0.4, -0.2) is 5.11 Å². The SMILES string of the molecule is Oc1cccc(COc2ccc(Br)c(CBr)c2)c1. The van der Waals surface area contributed by atoms with E-state index in [0.717, 1.165) is 26.7 Å². The van der Waals surface area contributed by atoms with E-state index in [1.807, 2.05) is 24.3 Å². The second-order valence-corrected chi connectivity index (χ2v) is 5.26. The molecular formula is C14H12Br2O2. The third-order valence-electron chi connectivity index (χ3n) is 2.48. The molecule has 0 aliphatic rings. The molecule has 0 aliphatic carbocycles. The fraction of sp³-hybridized carbons (Fsp3) is 0.143. The van der Waals surface area contributed by atoms with E-state index in [0.29, 0.717) is 6.61 Å². The van der Waals surface area contributed by atoms with Crippen LogP contribution in [0.5, 0.6) is 11.5 Å². The van der Waals surface area contributed by atoms with Gasteiger partial charge >= 0.3 is 0 Å². The van der Waals surface area contributed by atoms with Gasteiger partial charge in [0.25, 0.3) is 0 Å². The van der Waals surface area contributed by atoms with E-state index in [1.165, 1.54) is 0 Å². The maximum Gasteiger partial charge on any atom is 0.120 e. The largest absolute Gasteiger partial charge is 0.508 e. The van der Waals surface area contributed by atoms with E-state index in [-0.39, 0.29) is 5.75 Å². The molecule has 2 rings (SSSR count). The van der Waals surface area contributed by atoms with Gasteiger partial charge in [0.2, 0.25) is 0 Å². The summed E-state index contributed by atoms with van der Waals surface area (Å²) in [5.41, 5.74) is 2.08. The first kappa shape index (κ1) is 13.4. The van der Waals surface area contributed by atoms with Crippen LogP contribution in [-0.2, 0) is 11.9 Å². The number of hydrogen-bond donors (Lipinski definition) is 1. The van der Waals surface area contributed by atoms with Crippen molar-refractivity contribution < 1.29 is 9.84 Å². The van der Waals surface area contributed by atoms with Crippen LogP contribution in [0.15, 0.2) is 46.9 Å². The fourth-order valence-electron chi connectivity index (χ4n) is 1.56. The van der Waals surface area contributed by atoms with Crippen molar-refractivity contribution in [3.63, 3.8) is 0 Å². The van der Waals surface area contributed by atoms with Gasteiger partial charge in [-0.3, -0.25) is 0 Å². The minimum Gasteiger partial charge on any atom is -0.508 e. The molecule has 0 saturated carbocycles. The Morgan fingerprint density at radius 1 is 1.11 bits per heavy atom. The predicted molar refractivity (Wildman–Crippen MR) is 79.2 cm³/mol. The number of benzene rings is 2. The summed E-state index contributed by atoms with van der Waals surface area (Å²) in [6.45, 7) is 0.442. The molecule has 2 nitrogen and oxygen atoms in total. The fourth-order valence-corrected chi connectivity index (χ4v) is 2.78. The number of alkyl halides is 1. The van der Waals surface area contributed by atoms with Gasteiger partial charge in [0.15, 0.2) is 0 Å². The summed E-state index contributed by atoms with van der Waals surface area (Å²) < 4.78 is 6.75. The number of aromatic hydroxyl groups is 1. The number of phenols is 1. The molecule has 0 amide bonds. The average molecular weight is 372 g/mol. The summed E-state index contributed by atoms with van der Waals surface area (Å²) in [6, 6.07) is 12.9. The van der Waals surface area contributed by atoms with E-state index in [1.54, 1.807) is 18.2 Å². The second-order valence-electron chi connectivity index (χ2n) is 3.85. The molecule has 94 valence electrons. The Hall–Kier alpha value is -1.000. The standard InChI is InChI=1S/C14H12Br2O2/c15-8-11-7-13(4-5-14(11)16)18-9-10-2-1-3-12(17)6-10/h1-7,17H,8-9H2. The summed E-state index contributed by atoms with van der Waals surface area (Å²) in [5.74, 6) is 1.07. The van der Waals surface area contributed by atoms with Crippen molar-refractivity contribution in [3.05, 3.63) is 58.1 Å². The van der Waals surface area contributed by atoms with Crippen LogP contribution in [0.3, 0.4) is 0 Å². The molecule has 0 fully saturated rings. The van der Waals surface area contributed by atoms with E-state index in [4.69, 9.17) is 4.74 Å². The maximum absolute atomic E-state index is 9.36. The molecule has 0 unspecified atom stereocenters. The van der Waals surface area contributed by atoms with Gasteiger partial charge in [-0.1, -0.05) is 44.0 Å². The maximum atomic E-state index is 9.36. The van der Waals surface area contributed by atoms with Gasteiger partial charge in [0, 0.05) is 9.80 Å². The Labute approximate surface area is 123 Å². The normalized spacial score (nSPS) is 10.3. The molecule has 1 N–H and O–H groups in total. The zero-order valence-electron chi connectivity index (χ0n) is 9.57. The predicted octanol–water partition coefficient (Wildman–Crippen LogP) is 4.63.